The van der Waals surface area contributed by atoms with Crippen molar-refractivity contribution in [3.8, 4) is 17.2 Å². The summed E-state index contributed by atoms with van der Waals surface area (Å²) in [6, 6.07) is 13.4. The SMILES string of the molecule is COc1ccc(OC)c([C@H]2CCCN2C(=O)c2cccc(-n3ccnc3SC)c2)c1. The number of benzene rings is 2. The first-order valence-electron chi connectivity index (χ1n) is 9.87. The third kappa shape index (κ3) is 3.77. The Bertz CT molecular complexity index is 1050. The van der Waals surface area contributed by atoms with Gasteiger partial charge in [0.1, 0.15) is 11.5 Å². The molecule has 1 saturated heterocycles. The van der Waals surface area contributed by atoms with Gasteiger partial charge >= 0.3 is 0 Å². The quantitative estimate of drug-likeness (QED) is 0.543. The van der Waals surface area contributed by atoms with Crippen molar-refractivity contribution in [2.45, 2.75) is 24.0 Å². The van der Waals surface area contributed by atoms with Crippen LogP contribution in [0.1, 0.15) is 34.8 Å². The summed E-state index contributed by atoms with van der Waals surface area (Å²) >= 11 is 1.57. The molecule has 156 valence electrons. The molecule has 0 bridgehead atoms. The van der Waals surface area contributed by atoms with Gasteiger partial charge in [0.05, 0.1) is 20.3 Å². The number of carbonyl (C=O) groups is 1. The van der Waals surface area contributed by atoms with Crippen LogP contribution in [0.2, 0.25) is 0 Å². The molecular formula is C23H25N3O3S. The number of hydrogen-bond donors (Lipinski definition) is 0. The van der Waals surface area contributed by atoms with Gasteiger partial charge in [0.2, 0.25) is 0 Å². The lowest BCUT2D eigenvalue weighted by Gasteiger charge is -2.27. The highest BCUT2D eigenvalue weighted by atomic mass is 32.2. The first-order valence-corrected chi connectivity index (χ1v) is 11.1. The van der Waals surface area contributed by atoms with Gasteiger partial charge in [-0.1, -0.05) is 17.8 Å². The number of amides is 1. The smallest absolute Gasteiger partial charge is 0.254 e. The Kier molecular flexibility index (Phi) is 5.99. The number of carbonyl (C=O) groups excluding carboxylic acids is 1. The fourth-order valence-electron chi connectivity index (χ4n) is 4.02. The number of imidazole rings is 1. The molecule has 4 rings (SSSR count). The second-order valence-corrected chi connectivity index (χ2v) is 7.87. The molecule has 0 N–H and O–H groups in total. The van der Waals surface area contributed by atoms with Crippen LogP contribution in [0.15, 0.2) is 60.0 Å². The lowest BCUT2D eigenvalue weighted by Crippen LogP contribution is -2.30. The summed E-state index contributed by atoms with van der Waals surface area (Å²) in [6.45, 7) is 0.717. The summed E-state index contributed by atoms with van der Waals surface area (Å²) in [5, 5.41) is 0.889. The van der Waals surface area contributed by atoms with E-state index in [-0.39, 0.29) is 11.9 Å². The lowest BCUT2D eigenvalue weighted by molar-refractivity contribution is 0.0734. The summed E-state index contributed by atoms with van der Waals surface area (Å²) < 4.78 is 13.0. The minimum Gasteiger partial charge on any atom is -0.497 e. The van der Waals surface area contributed by atoms with Crippen molar-refractivity contribution in [3.05, 3.63) is 66.0 Å². The summed E-state index contributed by atoms with van der Waals surface area (Å²) in [5.74, 6) is 1.56. The fraction of sp³-hybridized carbons (Fsp3) is 0.304. The molecule has 30 heavy (non-hydrogen) atoms. The Hall–Kier alpha value is -2.93. The van der Waals surface area contributed by atoms with E-state index in [0.29, 0.717) is 5.56 Å². The molecule has 2 aromatic carbocycles. The Labute approximate surface area is 180 Å². The highest BCUT2D eigenvalue weighted by Crippen LogP contribution is 2.39. The van der Waals surface area contributed by atoms with E-state index >= 15 is 0 Å². The van der Waals surface area contributed by atoms with Crippen molar-refractivity contribution in [3.63, 3.8) is 0 Å². The van der Waals surface area contributed by atoms with Crippen LogP contribution in [0.5, 0.6) is 11.5 Å². The van der Waals surface area contributed by atoms with E-state index < -0.39 is 0 Å². The van der Waals surface area contributed by atoms with E-state index in [1.165, 1.54) is 0 Å². The molecule has 6 nitrogen and oxygen atoms in total. The van der Waals surface area contributed by atoms with E-state index in [4.69, 9.17) is 9.47 Å². The summed E-state index contributed by atoms with van der Waals surface area (Å²) in [5.41, 5.74) is 2.58. The van der Waals surface area contributed by atoms with Crippen LogP contribution in [0, 0.1) is 0 Å². The van der Waals surface area contributed by atoms with Crippen LogP contribution in [-0.4, -0.2) is 47.4 Å². The summed E-state index contributed by atoms with van der Waals surface area (Å²) in [4.78, 5) is 19.8. The van der Waals surface area contributed by atoms with Crippen molar-refractivity contribution in [1.82, 2.24) is 14.5 Å². The predicted octanol–water partition coefficient (Wildman–Crippen LogP) is 4.59. The minimum absolute atomic E-state index is 0.0232. The second-order valence-electron chi connectivity index (χ2n) is 7.10. The molecule has 0 saturated carbocycles. The van der Waals surface area contributed by atoms with E-state index in [1.54, 1.807) is 32.2 Å². The van der Waals surface area contributed by atoms with Gasteiger partial charge in [-0.05, 0) is 55.5 Å². The molecule has 0 spiro atoms. The second kappa shape index (κ2) is 8.83. The predicted molar refractivity (Wildman–Crippen MR) is 118 cm³/mol. The number of rotatable bonds is 6. The van der Waals surface area contributed by atoms with Gasteiger partial charge in [0.15, 0.2) is 5.16 Å². The van der Waals surface area contributed by atoms with Crippen molar-refractivity contribution < 1.29 is 14.3 Å². The van der Waals surface area contributed by atoms with Crippen LogP contribution < -0.4 is 9.47 Å². The monoisotopic (exact) mass is 423 g/mol. The van der Waals surface area contributed by atoms with Gasteiger partial charge in [0.25, 0.3) is 5.91 Å². The summed E-state index contributed by atoms with van der Waals surface area (Å²) in [7, 11) is 3.30. The van der Waals surface area contributed by atoms with Crippen LogP contribution in [0.4, 0.5) is 0 Å². The van der Waals surface area contributed by atoms with Gasteiger partial charge in [-0.15, -0.1) is 0 Å². The topological polar surface area (TPSA) is 56.6 Å². The number of thioether (sulfide) groups is 1. The van der Waals surface area contributed by atoms with Gasteiger partial charge in [-0.25, -0.2) is 4.98 Å². The van der Waals surface area contributed by atoms with Gasteiger partial charge < -0.3 is 14.4 Å². The maximum Gasteiger partial charge on any atom is 0.254 e. The molecule has 0 unspecified atom stereocenters. The molecule has 2 heterocycles. The Morgan fingerprint density at radius 2 is 2.03 bits per heavy atom. The fourth-order valence-corrected chi connectivity index (χ4v) is 4.55. The van der Waals surface area contributed by atoms with Crippen molar-refractivity contribution in [1.29, 1.82) is 0 Å². The number of likely N-dealkylation sites (tertiary alicyclic amines) is 1. The highest BCUT2D eigenvalue weighted by Gasteiger charge is 2.33. The number of ether oxygens (including phenoxy) is 2. The molecule has 3 aromatic rings. The van der Waals surface area contributed by atoms with E-state index in [0.717, 1.165) is 47.3 Å². The number of nitrogens with zero attached hydrogens (tertiary/aromatic N) is 3. The van der Waals surface area contributed by atoms with E-state index in [2.05, 4.69) is 4.98 Å². The summed E-state index contributed by atoms with van der Waals surface area (Å²) in [6.07, 6.45) is 7.52. The molecular weight excluding hydrogens is 398 g/mol. The van der Waals surface area contributed by atoms with Crippen LogP contribution in [0.25, 0.3) is 5.69 Å². The van der Waals surface area contributed by atoms with E-state index in [1.807, 2.05) is 64.4 Å². The number of hydrogen-bond acceptors (Lipinski definition) is 5. The standard InChI is InChI=1S/C23H25N3O3S/c1-28-18-9-10-21(29-2)19(15-18)20-8-5-12-26(20)22(27)16-6-4-7-17(14-16)25-13-11-24-23(25)30-3/h4,6-7,9-11,13-15,20H,5,8,12H2,1-3H3/t20-/m1/s1. The molecule has 1 aliphatic rings. The maximum absolute atomic E-state index is 13.5. The Balaban J connectivity index is 1.66. The molecule has 0 aliphatic carbocycles. The zero-order valence-electron chi connectivity index (χ0n) is 17.4. The largest absolute Gasteiger partial charge is 0.497 e. The van der Waals surface area contributed by atoms with Crippen LogP contribution in [0.3, 0.4) is 0 Å². The van der Waals surface area contributed by atoms with Crippen LogP contribution >= 0.6 is 11.8 Å². The van der Waals surface area contributed by atoms with Crippen molar-refractivity contribution in [2.75, 3.05) is 27.0 Å². The first kappa shape index (κ1) is 20.3. The number of aromatic nitrogens is 2. The molecule has 7 heteroatoms. The van der Waals surface area contributed by atoms with Gasteiger partial charge in [0, 0.05) is 35.8 Å². The first-order chi connectivity index (χ1) is 14.7. The molecule has 1 atom stereocenters. The third-order valence-corrected chi connectivity index (χ3v) is 6.14. The normalized spacial score (nSPS) is 16.0. The Morgan fingerprint density at radius 1 is 1.17 bits per heavy atom. The highest BCUT2D eigenvalue weighted by molar-refractivity contribution is 7.98. The van der Waals surface area contributed by atoms with Gasteiger partial charge in [-0.2, -0.15) is 0 Å². The minimum atomic E-state index is -0.0405. The molecule has 1 aromatic heterocycles. The van der Waals surface area contributed by atoms with Gasteiger partial charge in [-0.3, -0.25) is 9.36 Å². The van der Waals surface area contributed by atoms with Crippen LogP contribution in [-0.2, 0) is 0 Å². The molecule has 1 fully saturated rings. The average Bonchev–Trinajstić information content (AvgIpc) is 3.47. The third-order valence-electron chi connectivity index (χ3n) is 5.47. The Morgan fingerprint density at radius 3 is 2.80 bits per heavy atom. The average molecular weight is 424 g/mol. The zero-order chi connectivity index (χ0) is 21.1. The maximum atomic E-state index is 13.5. The molecule has 1 amide bonds. The van der Waals surface area contributed by atoms with Crippen molar-refractivity contribution >= 4 is 17.7 Å². The van der Waals surface area contributed by atoms with Crippen molar-refractivity contribution in [2.24, 2.45) is 0 Å². The number of methoxy groups -OCH3 is 2. The zero-order valence-corrected chi connectivity index (χ0v) is 18.2. The lowest BCUT2D eigenvalue weighted by atomic mass is 10.0. The molecule has 1 aliphatic heterocycles. The molecule has 0 radical (unpaired) electrons. The van der Waals surface area contributed by atoms with E-state index in [9.17, 15) is 4.79 Å².